The molecule has 0 spiro atoms. The van der Waals surface area contributed by atoms with E-state index in [1.807, 2.05) is 37.3 Å². The van der Waals surface area contributed by atoms with Gasteiger partial charge in [0, 0.05) is 30.7 Å². The predicted molar refractivity (Wildman–Crippen MR) is 203 cm³/mol. The molecule has 0 atom stereocenters. The number of carbonyl (C=O) groups is 2. The number of nitrogens with one attached hydrogen (secondary N) is 2. The lowest BCUT2D eigenvalue weighted by Crippen LogP contribution is -2.40. The van der Waals surface area contributed by atoms with Gasteiger partial charge in [0.25, 0.3) is 5.91 Å². The molecule has 0 radical (unpaired) electrons. The average molecular weight is 776 g/mol. The van der Waals surface area contributed by atoms with Gasteiger partial charge in [0.2, 0.25) is 26.0 Å². The summed E-state index contributed by atoms with van der Waals surface area (Å²) in [6, 6.07) is 31.6. The van der Waals surface area contributed by atoms with Crippen LogP contribution in [0.25, 0.3) is 0 Å². The van der Waals surface area contributed by atoms with Crippen molar-refractivity contribution in [1.82, 2.24) is 14.0 Å². The lowest BCUT2D eigenvalue weighted by molar-refractivity contribution is -0.121. The average Bonchev–Trinajstić information content (AvgIpc) is 3.58. The van der Waals surface area contributed by atoms with Gasteiger partial charge < -0.3 is 9.73 Å². The lowest BCUT2D eigenvalue weighted by Gasteiger charge is -2.21. The van der Waals surface area contributed by atoms with E-state index in [0.29, 0.717) is 22.9 Å². The Kier molecular flexibility index (Phi) is 13.0. The Balaban J connectivity index is 1.27. The van der Waals surface area contributed by atoms with E-state index in [-0.39, 0.29) is 41.1 Å². The minimum absolute atomic E-state index is 0.0104. The molecule has 0 fully saturated rings. The van der Waals surface area contributed by atoms with Crippen molar-refractivity contribution in [2.45, 2.75) is 43.1 Å². The topological polar surface area (TPSA) is 158 Å². The van der Waals surface area contributed by atoms with Crippen LogP contribution in [0.1, 0.15) is 35.1 Å². The third-order valence-corrected chi connectivity index (χ3v) is 11.9. The number of amides is 2. The van der Waals surface area contributed by atoms with Crippen LogP contribution in [0.4, 0.5) is 5.69 Å². The molecule has 1 aromatic heterocycles. The second-order valence-corrected chi connectivity index (χ2v) is 16.4. The molecule has 0 bridgehead atoms. The van der Waals surface area contributed by atoms with Gasteiger partial charge in [0.15, 0.2) is 0 Å². The fourth-order valence-corrected chi connectivity index (χ4v) is 8.13. The molecule has 1 heterocycles. The summed E-state index contributed by atoms with van der Waals surface area (Å²) >= 11 is 6.04. The molecular weight excluding hydrogens is 738 g/mol. The van der Waals surface area contributed by atoms with E-state index in [1.165, 1.54) is 41.7 Å². The highest BCUT2D eigenvalue weighted by molar-refractivity contribution is 7.89. The summed E-state index contributed by atoms with van der Waals surface area (Å²) < 4.78 is 63.0. The molecule has 15 heteroatoms. The van der Waals surface area contributed by atoms with Crippen LogP contribution in [0.5, 0.6) is 0 Å². The first-order valence-corrected chi connectivity index (χ1v) is 19.7. The number of aryl methyl sites for hydroxylation is 1. The first kappa shape index (κ1) is 39.1. The minimum atomic E-state index is -4.13. The monoisotopic (exact) mass is 775 g/mol. The predicted octanol–water partition coefficient (Wildman–Crippen LogP) is 5.97. The molecule has 12 nitrogen and oxygen atoms in total. The Bertz CT molecular complexity index is 2260. The van der Waals surface area contributed by atoms with Crippen molar-refractivity contribution in [3.63, 3.8) is 0 Å². The van der Waals surface area contributed by atoms with Gasteiger partial charge in [-0.1, -0.05) is 71.8 Å². The van der Waals surface area contributed by atoms with Crippen LogP contribution < -0.4 is 10.7 Å². The molecule has 2 N–H and O–H groups in total. The smallest absolute Gasteiger partial charge is 0.255 e. The van der Waals surface area contributed by atoms with Gasteiger partial charge in [-0.25, -0.2) is 22.3 Å². The minimum Gasteiger partial charge on any atom is -0.459 e. The molecule has 53 heavy (non-hydrogen) atoms. The first-order valence-electron chi connectivity index (χ1n) is 16.4. The maximum atomic E-state index is 13.7. The largest absolute Gasteiger partial charge is 0.459 e. The highest BCUT2D eigenvalue weighted by Gasteiger charge is 2.28. The van der Waals surface area contributed by atoms with Gasteiger partial charge in [-0.3, -0.25) is 9.59 Å². The van der Waals surface area contributed by atoms with Crippen molar-refractivity contribution in [2.24, 2.45) is 5.10 Å². The molecule has 5 aromatic rings. The maximum absolute atomic E-state index is 13.7. The Labute approximate surface area is 314 Å². The molecular formula is C38H38ClN5O7S2. The summed E-state index contributed by atoms with van der Waals surface area (Å²) in [7, 11) is -8.06. The van der Waals surface area contributed by atoms with Crippen molar-refractivity contribution in [3.05, 3.63) is 148 Å². The third-order valence-electron chi connectivity index (χ3n) is 7.95. The molecule has 2 amide bonds. The van der Waals surface area contributed by atoms with Crippen LogP contribution in [0.15, 0.2) is 135 Å². The third kappa shape index (κ3) is 10.9. The molecule has 0 saturated carbocycles. The molecule has 5 rings (SSSR count). The van der Waals surface area contributed by atoms with Gasteiger partial charge in [-0.15, -0.1) is 0 Å². The Hall–Kier alpha value is -5.12. The van der Waals surface area contributed by atoms with E-state index in [0.717, 1.165) is 21.0 Å². The number of sulfonamides is 2. The van der Waals surface area contributed by atoms with E-state index < -0.39 is 32.5 Å². The Morgan fingerprint density at radius 1 is 0.755 bits per heavy atom. The number of hydrogen-bond acceptors (Lipinski definition) is 8. The molecule has 0 aliphatic heterocycles. The van der Waals surface area contributed by atoms with Crippen molar-refractivity contribution in [1.29, 1.82) is 0 Å². The second-order valence-electron chi connectivity index (χ2n) is 12.1. The van der Waals surface area contributed by atoms with Crippen LogP contribution in [0.2, 0.25) is 5.02 Å². The van der Waals surface area contributed by atoms with Crippen molar-refractivity contribution < 1.29 is 30.8 Å². The highest BCUT2D eigenvalue weighted by atomic mass is 35.5. The molecule has 0 saturated heterocycles. The highest BCUT2D eigenvalue weighted by Crippen LogP contribution is 2.24. The molecule has 0 aliphatic rings. The standard InChI is InChI=1S/C38H38ClN5O7S2/c1-28-8-18-36(19-9-28)53(49,50)44(25-31-10-12-32(39)13-11-31)26-35-17-16-34(51-35)24-40-42-38(46)27-43(23-22-30-6-4-3-5-7-30)52(47,48)37-20-14-33(15-21-37)41-29(2)45/h3-21,24H,22-23,25-27H2,1-2H3,(H,41,45)(H,42,46)/b40-24-. The van der Waals surface area contributed by atoms with Crippen molar-refractivity contribution >= 4 is 55.4 Å². The van der Waals surface area contributed by atoms with E-state index >= 15 is 0 Å². The second kappa shape index (κ2) is 17.6. The summed E-state index contributed by atoms with van der Waals surface area (Å²) in [6.45, 7) is 2.66. The normalized spacial score (nSPS) is 12.0. The van der Waals surface area contributed by atoms with E-state index in [4.69, 9.17) is 16.0 Å². The molecule has 276 valence electrons. The fraction of sp³-hybridized carbons (Fsp3) is 0.184. The van der Waals surface area contributed by atoms with Crippen LogP contribution in [-0.2, 0) is 49.1 Å². The number of furan rings is 1. The fourth-order valence-electron chi connectivity index (χ4n) is 5.21. The van der Waals surface area contributed by atoms with Gasteiger partial charge in [-0.05, 0) is 85.1 Å². The quantitative estimate of drug-likeness (QED) is 0.0923. The van der Waals surface area contributed by atoms with E-state index in [9.17, 15) is 26.4 Å². The zero-order valence-corrected chi connectivity index (χ0v) is 31.4. The van der Waals surface area contributed by atoms with Crippen molar-refractivity contribution in [3.8, 4) is 0 Å². The molecule has 0 unspecified atom stereocenters. The lowest BCUT2D eigenvalue weighted by atomic mass is 10.1. The van der Waals surface area contributed by atoms with E-state index in [2.05, 4.69) is 15.8 Å². The number of anilines is 1. The summed E-state index contributed by atoms with van der Waals surface area (Å²) in [5.41, 5.74) is 5.32. The summed E-state index contributed by atoms with van der Waals surface area (Å²) in [4.78, 5) is 24.5. The van der Waals surface area contributed by atoms with Crippen LogP contribution >= 0.6 is 11.6 Å². The molecule has 0 aliphatic carbocycles. The van der Waals surface area contributed by atoms with Crippen molar-refractivity contribution in [2.75, 3.05) is 18.4 Å². The van der Waals surface area contributed by atoms with Gasteiger partial charge in [-0.2, -0.15) is 13.7 Å². The van der Waals surface area contributed by atoms with Crippen LogP contribution in [0, 0.1) is 6.92 Å². The number of nitrogens with zero attached hydrogens (tertiary/aromatic N) is 3. The SMILES string of the molecule is CC(=O)Nc1ccc(S(=O)(=O)N(CCc2ccccc2)CC(=O)N/N=C\c2ccc(CN(Cc3ccc(Cl)cc3)S(=O)(=O)c3ccc(C)cc3)o2)cc1. The summed E-state index contributed by atoms with van der Waals surface area (Å²) in [5.74, 6) is -0.439. The molecule has 4 aromatic carbocycles. The summed E-state index contributed by atoms with van der Waals surface area (Å²) in [5, 5.41) is 7.08. The number of rotatable bonds is 16. The van der Waals surface area contributed by atoms with E-state index in [1.54, 1.807) is 60.7 Å². The number of carbonyl (C=O) groups excluding carboxylic acids is 2. The Morgan fingerprint density at radius 3 is 2.02 bits per heavy atom. The number of hydrazone groups is 1. The number of hydrogen-bond donors (Lipinski definition) is 2. The zero-order chi connectivity index (χ0) is 38.0. The van der Waals surface area contributed by atoms with Crippen LogP contribution in [-0.4, -0.2) is 56.6 Å². The summed E-state index contributed by atoms with van der Waals surface area (Å²) in [6.07, 6.45) is 1.59. The van der Waals surface area contributed by atoms with Gasteiger partial charge in [0.1, 0.15) is 11.5 Å². The van der Waals surface area contributed by atoms with Gasteiger partial charge in [0.05, 0.1) is 29.1 Å². The Morgan fingerprint density at radius 2 is 1.38 bits per heavy atom. The van der Waals surface area contributed by atoms with Gasteiger partial charge >= 0.3 is 0 Å². The first-order chi connectivity index (χ1) is 25.3. The number of benzene rings is 4. The zero-order valence-electron chi connectivity index (χ0n) is 29.0. The van der Waals surface area contributed by atoms with Crippen LogP contribution in [0.3, 0.4) is 0 Å². The number of halogens is 1. The maximum Gasteiger partial charge on any atom is 0.255 e.